The highest BCUT2D eigenvalue weighted by Gasteiger charge is 2.41. The number of hydrogen-bond acceptors (Lipinski definition) is 2. The Kier molecular flexibility index (Phi) is 3.92. The molecule has 98 valence electrons. The minimum absolute atomic E-state index is 0.139. The first-order chi connectivity index (χ1) is 8.00. The summed E-state index contributed by atoms with van der Waals surface area (Å²) in [6.45, 7) is 9.00. The van der Waals surface area contributed by atoms with E-state index in [0.717, 1.165) is 12.1 Å². The summed E-state index contributed by atoms with van der Waals surface area (Å²) in [5.74, 6) is 0. The quantitative estimate of drug-likeness (QED) is 0.665. The van der Waals surface area contributed by atoms with Gasteiger partial charge in [0.2, 0.25) is 0 Å². The molecule has 2 aliphatic carbocycles. The molecule has 0 N–H and O–H groups in total. The fourth-order valence-electron chi connectivity index (χ4n) is 2.97. The van der Waals surface area contributed by atoms with Crippen LogP contribution in [-0.2, 0) is 0 Å². The molecule has 0 aliphatic heterocycles. The predicted molar refractivity (Wildman–Crippen MR) is 74.8 cm³/mol. The lowest BCUT2D eigenvalue weighted by Gasteiger charge is -2.52. The van der Waals surface area contributed by atoms with E-state index in [1.807, 2.05) is 0 Å². The summed E-state index contributed by atoms with van der Waals surface area (Å²) in [5, 5.41) is 0. The summed E-state index contributed by atoms with van der Waals surface area (Å²) in [5.41, 5.74) is 0.139. The van der Waals surface area contributed by atoms with Gasteiger partial charge in [-0.05, 0) is 53.4 Å². The molecule has 0 spiro atoms. The van der Waals surface area contributed by atoms with Gasteiger partial charge in [-0.2, -0.15) is 0 Å². The van der Waals surface area contributed by atoms with Crippen LogP contribution in [0.15, 0.2) is 4.99 Å². The van der Waals surface area contributed by atoms with Gasteiger partial charge >= 0.3 is 0 Å². The average Bonchev–Trinajstić information content (AvgIpc) is 2.08. The molecule has 0 unspecified atom stereocenters. The van der Waals surface area contributed by atoms with Gasteiger partial charge in [0, 0.05) is 24.3 Å². The molecule has 0 atom stereocenters. The molecule has 0 bridgehead atoms. The van der Waals surface area contributed by atoms with Crippen molar-refractivity contribution in [1.29, 1.82) is 0 Å². The summed E-state index contributed by atoms with van der Waals surface area (Å²) in [4.78, 5) is 7.40. The lowest BCUT2D eigenvalue weighted by atomic mass is 9.80. The minimum Gasteiger partial charge on any atom is -0.293 e. The smallest absolute Gasteiger partial charge is 0.0508 e. The third kappa shape index (κ3) is 2.90. The molecule has 0 heterocycles. The monoisotopic (exact) mass is 236 g/mol. The van der Waals surface area contributed by atoms with E-state index in [9.17, 15) is 0 Å². The molecule has 2 aliphatic rings. The van der Waals surface area contributed by atoms with Crippen molar-refractivity contribution < 1.29 is 0 Å². The normalized spacial score (nSPS) is 23.4. The second-order valence-electron chi connectivity index (χ2n) is 6.60. The zero-order valence-electron chi connectivity index (χ0n) is 11.9. The van der Waals surface area contributed by atoms with Gasteiger partial charge in [0.25, 0.3) is 0 Å². The molecule has 2 rings (SSSR count). The van der Waals surface area contributed by atoms with E-state index in [2.05, 4.69) is 43.8 Å². The van der Waals surface area contributed by atoms with E-state index in [1.165, 1.54) is 38.5 Å². The maximum atomic E-state index is 4.63. The van der Waals surface area contributed by atoms with Crippen molar-refractivity contribution in [3.05, 3.63) is 0 Å². The Morgan fingerprint density at radius 2 is 1.53 bits per heavy atom. The van der Waals surface area contributed by atoms with Gasteiger partial charge in [0.05, 0.1) is 5.54 Å². The van der Waals surface area contributed by atoms with Crippen LogP contribution in [0.1, 0.15) is 66.2 Å². The summed E-state index contributed by atoms with van der Waals surface area (Å²) in [6, 6.07) is 2.07. The van der Waals surface area contributed by atoms with Gasteiger partial charge < -0.3 is 0 Å². The highest BCUT2D eigenvalue weighted by Crippen LogP contribution is 2.38. The van der Waals surface area contributed by atoms with Gasteiger partial charge in [0.15, 0.2) is 0 Å². The van der Waals surface area contributed by atoms with Crippen LogP contribution < -0.4 is 0 Å². The fourth-order valence-corrected chi connectivity index (χ4v) is 2.97. The van der Waals surface area contributed by atoms with Crippen LogP contribution in [0.25, 0.3) is 0 Å². The van der Waals surface area contributed by atoms with Crippen LogP contribution in [0, 0.1) is 0 Å². The SMILES string of the molecule is CC(C)N=CC(C)(C)N(C1CCC1)C1CCC1. The van der Waals surface area contributed by atoms with Crippen molar-refractivity contribution in [2.75, 3.05) is 0 Å². The second kappa shape index (κ2) is 5.09. The van der Waals surface area contributed by atoms with E-state index in [0.29, 0.717) is 6.04 Å². The lowest BCUT2D eigenvalue weighted by Crippen LogP contribution is -2.59. The molecular weight excluding hydrogens is 208 g/mol. The minimum atomic E-state index is 0.139. The van der Waals surface area contributed by atoms with Crippen LogP contribution in [-0.4, -0.2) is 34.8 Å². The molecule has 2 fully saturated rings. The zero-order valence-corrected chi connectivity index (χ0v) is 11.9. The molecule has 2 nitrogen and oxygen atoms in total. The Labute approximate surface area is 106 Å². The lowest BCUT2D eigenvalue weighted by molar-refractivity contribution is -0.00723. The van der Waals surface area contributed by atoms with Crippen molar-refractivity contribution in [2.24, 2.45) is 4.99 Å². The van der Waals surface area contributed by atoms with E-state index >= 15 is 0 Å². The molecule has 2 heteroatoms. The van der Waals surface area contributed by atoms with Crippen molar-refractivity contribution >= 4 is 6.21 Å². The number of hydrogen-bond donors (Lipinski definition) is 0. The van der Waals surface area contributed by atoms with E-state index in [-0.39, 0.29) is 5.54 Å². The van der Waals surface area contributed by atoms with Gasteiger partial charge in [-0.3, -0.25) is 9.89 Å². The first-order valence-electron chi connectivity index (χ1n) is 7.33. The third-order valence-electron chi connectivity index (χ3n) is 4.29. The van der Waals surface area contributed by atoms with Crippen LogP contribution in [0.4, 0.5) is 0 Å². The van der Waals surface area contributed by atoms with Gasteiger partial charge in [-0.1, -0.05) is 12.8 Å². The Bertz CT molecular complexity index is 259. The standard InChI is InChI=1S/C15H28N2/c1-12(2)16-11-15(3,4)17(13-7-5-8-13)14-9-6-10-14/h11-14H,5-10H2,1-4H3. The molecule has 0 radical (unpaired) electrons. The summed E-state index contributed by atoms with van der Waals surface area (Å²) >= 11 is 0. The van der Waals surface area contributed by atoms with Gasteiger partial charge in [0.1, 0.15) is 0 Å². The van der Waals surface area contributed by atoms with Crippen LogP contribution in [0.5, 0.6) is 0 Å². The van der Waals surface area contributed by atoms with Crippen LogP contribution in [0.3, 0.4) is 0 Å². The van der Waals surface area contributed by atoms with Crippen molar-refractivity contribution in [2.45, 2.75) is 89.9 Å². The molecule has 0 aromatic rings. The summed E-state index contributed by atoms with van der Waals surface area (Å²) in [6.07, 6.45) is 10.6. The van der Waals surface area contributed by atoms with Crippen molar-refractivity contribution in [3.8, 4) is 0 Å². The molecular formula is C15H28N2. The van der Waals surface area contributed by atoms with Crippen LogP contribution in [0.2, 0.25) is 0 Å². The van der Waals surface area contributed by atoms with E-state index < -0.39 is 0 Å². The highest BCUT2D eigenvalue weighted by atomic mass is 15.3. The third-order valence-corrected chi connectivity index (χ3v) is 4.29. The Balaban J connectivity index is 2.06. The number of aliphatic imine (C=N–C) groups is 1. The maximum absolute atomic E-state index is 4.63. The number of rotatable bonds is 5. The fraction of sp³-hybridized carbons (Fsp3) is 0.933. The topological polar surface area (TPSA) is 15.6 Å². The Hall–Kier alpha value is -0.370. The molecule has 0 amide bonds. The van der Waals surface area contributed by atoms with E-state index in [1.54, 1.807) is 0 Å². The molecule has 0 aromatic heterocycles. The zero-order chi connectivity index (χ0) is 12.5. The highest BCUT2D eigenvalue weighted by molar-refractivity contribution is 5.69. The van der Waals surface area contributed by atoms with Gasteiger partial charge in [-0.15, -0.1) is 0 Å². The predicted octanol–water partition coefficient (Wildman–Crippen LogP) is 3.65. The maximum Gasteiger partial charge on any atom is 0.0508 e. The molecule has 17 heavy (non-hydrogen) atoms. The molecule has 2 saturated carbocycles. The summed E-state index contributed by atoms with van der Waals surface area (Å²) in [7, 11) is 0. The average molecular weight is 236 g/mol. The Morgan fingerprint density at radius 3 is 1.82 bits per heavy atom. The molecule has 0 saturated heterocycles. The second-order valence-corrected chi connectivity index (χ2v) is 6.60. The Morgan fingerprint density at radius 1 is 1.06 bits per heavy atom. The molecule has 0 aromatic carbocycles. The first kappa shape index (κ1) is 13.1. The van der Waals surface area contributed by atoms with Crippen molar-refractivity contribution in [3.63, 3.8) is 0 Å². The number of nitrogens with zero attached hydrogens (tertiary/aromatic N) is 2. The van der Waals surface area contributed by atoms with Crippen LogP contribution >= 0.6 is 0 Å². The first-order valence-corrected chi connectivity index (χ1v) is 7.33. The van der Waals surface area contributed by atoms with Crippen molar-refractivity contribution in [1.82, 2.24) is 4.90 Å². The summed E-state index contributed by atoms with van der Waals surface area (Å²) < 4.78 is 0. The van der Waals surface area contributed by atoms with E-state index in [4.69, 9.17) is 0 Å². The largest absolute Gasteiger partial charge is 0.293 e. The van der Waals surface area contributed by atoms with Gasteiger partial charge in [-0.25, -0.2) is 0 Å².